The number of nitrogens with zero attached hydrogens (tertiary/aromatic N) is 2. The summed E-state index contributed by atoms with van der Waals surface area (Å²) in [4.78, 5) is 12.9. The maximum absolute atomic E-state index is 10.8. The van der Waals surface area contributed by atoms with Crippen LogP contribution >= 0.6 is 0 Å². The highest BCUT2D eigenvalue weighted by molar-refractivity contribution is 5.87. The lowest BCUT2D eigenvalue weighted by Gasteiger charge is -2.10. The molecule has 0 saturated carbocycles. The highest BCUT2D eigenvalue weighted by Crippen LogP contribution is 2.19. The Kier molecular flexibility index (Phi) is 2.25. The van der Waals surface area contributed by atoms with E-state index >= 15 is 0 Å². The number of aromatic nitrogens is 1. The molecule has 0 radical (unpaired) electrons. The Labute approximate surface area is 81.3 Å². The predicted molar refractivity (Wildman–Crippen MR) is 48.4 cm³/mol. The average molecular weight is 196 g/mol. The van der Waals surface area contributed by atoms with Gasteiger partial charge in [0.25, 0.3) is 0 Å². The molecule has 1 N–H and O–H groups in total. The quantitative estimate of drug-likeness (QED) is 0.704. The normalized spacial score (nSPS) is 17.5. The number of carboxylic acids is 1. The van der Waals surface area contributed by atoms with Crippen LogP contribution in [-0.4, -0.2) is 41.3 Å². The van der Waals surface area contributed by atoms with Gasteiger partial charge in [-0.3, -0.25) is 0 Å². The second-order valence-corrected chi connectivity index (χ2v) is 3.54. The van der Waals surface area contributed by atoms with Gasteiger partial charge in [-0.05, 0) is 13.5 Å². The van der Waals surface area contributed by atoms with Crippen molar-refractivity contribution in [3.05, 3.63) is 17.0 Å². The molecule has 0 amide bonds. The maximum atomic E-state index is 10.8. The van der Waals surface area contributed by atoms with Gasteiger partial charge in [-0.25, -0.2) is 4.79 Å². The predicted octanol–water partition coefficient (Wildman–Crippen LogP) is 0.403. The number of aromatic carboxylic acids is 1. The van der Waals surface area contributed by atoms with E-state index in [2.05, 4.69) is 10.1 Å². The maximum Gasteiger partial charge on any atom is 0.358 e. The first-order valence-electron chi connectivity index (χ1n) is 4.57. The van der Waals surface area contributed by atoms with Crippen LogP contribution in [0.15, 0.2) is 4.52 Å². The molecule has 0 spiro atoms. The van der Waals surface area contributed by atoms with Crippen molar-refractivity contribution in [1.82, 2.24) is 10.1 Å². The number of carbonyl (C=O) groups is 1. The van der Waals surface area contributed by atoms with Crippen LogP contribution in [0.1, 0.15) is 21.8 Å². The molecular weight excluding hydrogens is 184 g/mol. The van der Waals surface area contributed by atoms with Gasteiger partial charge in [-0.2, -0.15) is 0 Å². The number of rotatable bonds is 1. The first-order chi connectivity index (χ1) is 6.68. The summed E-state index contributed by atoms with van der Waals surface area (Å²) in [5, 5.41) is 12.4. The molecule has 14 heavy (non-hydrogen) atoms. The van der Waals surface area contributed by atoms with E-state index in [4.69, 9.17) is 9.63 Å². The molecule has 1 aromatic heterocycles. The zero-order valence-electron chi connectivity index (χ0n) is 7.99. The largest absolute Gasteiger partial charge is 0.476 e. The molecule has 1 aliphatic rings. The van der Waals surface area contributed by atoms with Gasteiger partial charge in [-0.15, -0.1) is 0 Å². The van der Waals surface area contributed by atoms with E-state index in [0.29, 0.717) is 6.42 Å². The third kappa shape index (κ3) is 1.50. The van der Waals surface area contributed by atoms with Gasteiger partial charge in [0.15, 0.2) is 5.69 Å². The van der Waals surface area contributed by atoms with Crippen LogP contribution in [-0.2, 0) is 12.8 Å². The molecule has 0 atom stereocenters. The monoisotopic (exact) mass is 196 g/mol. The SMILES string of the molecule is CN1CCc2onc(C(=O)O)c2CC1. The lowest BCUT2D eigenvalue weighted by Crippen LogP contribution is -2.21. The Morgan fingerprint density at radius 1 is 1.50 bits per heavy atom. The van der Waals surface area contributed by atoms with Crippen LogP contribution in [0.4, 0.5) is 0 Å². The van der Waals surface area contributed by atoms with Crippen molar-refractivity contribution >= 4 is 5.97 Å². The van der Waals surface area contributed by atoms with Crippen molar-refractivity contribution in [2.75, 3.05) is 20.1 Å². The van der Waals surface area contributed by atoms with Gasteiger partial charge >= 0.3 is 5.97 Å². The molecule has 0 unspecified atom stereocenters. The summed E-state index contributed by atoms with van der Waals surface area (Å²) in [7, 11) is 2.01. The lowest BCUT2D eigenvalue weighted by molar-refractivity contribution is 0.0684. The molecule has 76 valence electrons. The Bertz CT molecular complexity index is 359. The van der Waals surface area contributed by atoms with Crippen molar-refractivity contribution in [2.45, 2.75) is 12.8 Å². The van der Waals surface area contributed by atoms with Gasteiger partial charge in [0.05, 0.1) is 0 Å². The molecule has 1 aliphatic heterocycles. The van der Waals surface area contributed by atoms with Gasteiger partial charge < -0.3 is 14.5 Å². The zero-order chi connectivity index (χ0) is 10.1. The van der Waals surface area contributed by atoms with Gasteiger partial charge in [0, 0.05) is 25.1 Å². The Hall–Kier alpha value is -1.36. The summed E-state index contributed by atoms with van der Waals surface area (Å²) in [6.07, 6.45) is 1.45. The topological polar surface area (TPSA) is 66.6 Å². The van der Waals surface area contributed by atoms with Crippen LogP contribution < -0.4 is 0 Å². The summed E-state index contributed by atoms with van der Waals surface area (Å²) in [6.45, 7) is 1.75. The summed E-state index contributed by atoms with van der Waals surface area (Å²) in [6, 6.07) is 0. The van der Waals surface area contributed by atoms with Crippen LogP contribution in [0.3, 0.4) is 0 Å². The standard InChI is InChI=1S/C9H12N2O3/c1-11-4-2-6-7(3-5-11)14-10-8(6)9(12)13/h2-5H2,1H3,(H,12,13). The van der Waals surface area contributed by atoms with E-state index in [-0.39, 0.29) is 5.69 Å². The van der Waals surface area contributed by atoms with E-state index in [1.165, 1.54) is 0 Å². The molecule has 1 aromatic rings. The van der Waals surface area contributed by atoms with Crippen LogP contribution in [0.25, 0.3) is 0 Å². The molecule has 5 nitrogen and oxygen atoms in total. The minimum absolute atomic E-state index is 0.0790. The smallest absolute Gasteiger partial charge is 0.358 e. The van der Waals surface area contributed by atoms with E-state index in [1.54, 1.807) is 0 Å². The third-order valence-electron chi connectivity index (χ3n) is 2.54. The minimum atomic E-state index is -1.00. The molecule has 0 saturated heterocycles. The number of likely N-dealkylation sites (N-methyl/N-ethyl adjacent to an activating group) is 1. The van der Waals surface area contributed by atoms with Crippen molar-refractivity contribution < 1.29 is 14.4 Å². The molecule has 2 heterocycles. The number of fused-ring (bicyclic) bond motifs is 1. The van der Waals surface area contributed by atoms with Crippen molar-refractivity contribution in [1.29, 1.82) is 0 Å². The minimum Gasteiger partial charge on any atom is -0.476 e. The zero-order valence-corrected chi connectivity index (χ0v) is 7.99. The summed E-state index contributed by atoms with van der Waals surface area (Å²) >= 11 is 0. The Morgan fingerprint density at radius 2 is 2.21 bits per heavy atom. The van der Waals surface area contributed by atoms with Crippen LogP contribution in [0.5, 0.6) is 0 Å². The molecule has 2 rings (SSSR count). The number of hydrogen-bond acceptors (Lipinski definition) is 4. The highest BCUT2D eigenvalue weighted by Gasteiger charge is 2.23. The van der Waals surface area contributed by atoms with E-state index in [0.717, 1.165) is 30.8 Å². The van der Waals surface area contributed by atoms with Gasteiger partial charge in [0.2, 0.25) is 0 Å². The number of hydrogen-bond donors (Lipinski definition) is 1. The molecule has 5 heteroatoms. The van der Waals surface area contributed by atoms with E-state index in [9.17, 15) is 4.79 Å². The lowest BCUT2D eigenvalue weighted by atomic mass is 10.1. The Morgan fingerprint density at radius 3 is 2.93 bits per heavy atom. The fraction of sp³-hybridized carbons (Fsp3) is 0.556. The van der Waals surface area contributed by atoms with Gasteiger partial charge in [-0.1, -0.05) is 5.16 Å². The molecule has 0 fully saturated rings. The Balaban J connectivity index is 2.33. The molecular formula is C9H12N2O3. The first-order valence-corrected chi connectivity index (χ1v) is 4.57. The summed E-state index contributed by atoms with van der Waals surface area (Å²) < 4.78 is 5.02. The summed E-state index contributed by atoms with van der Waals surface area (Å²) in [5.41, 5.74) is 0.845. The molecule has 0 bridgehead atoms. The second kappa shape index (κ2) is 3.42. The second-order valence-electron chi connectivity index (χ2n) is 3.54. The highest BCUT2D eigenvalue weighted by atomic mass is 16.5. The van der Waals surface area contributed by atoms with E-state index in [1.807, 2.05) is 7.05 Å². The fourth-order valence-corrected chi connectivity index (χ4v) is 1.67. The van der Waals surface area contributed by atoms with Crippen LogP contribution in [0.2, 0.25) is 0 Å². The first kappa shape index (κ1) is 9.21. The van der Waals surface area contributed by atoms with Crippen molar-refractivity contribution in [3.63, 3.8) is 0 Å². The average Bonchev–Trinajstić information content (AvgIpc) is 2.46. The van der Waals surface area contributed by atoms with Crippen molar-refractivity contribution in [3.8, 4) is 0 Å². The van der Waals surface area contributed by atoms with Crippen LogP contribution in [0, 0.1) is 0 Å². The van der Waals surface area contributed by atoms with E-state index < -0.39 is 5.97 Å². The van der Waals surface area contributed by atoms with Crippen molar-refractivity contribution in [2.24, 2.45) is 0 Å². The number of carboxylic acid groups (broad SMARTS) is 1. The summed E-state index contributed by atoms with van der Waals surface area (Å²) in [5.74, 6) is -0.272. The molecule has 0 aromatic carbocycles. The third-order valence-corrected chi connectivity index (χ3v) is 2.54. The van der Waals surface area contributed by atoms with Gasteiger partial charge in [0.1, 0.15) is 5.76 Å². The molecule has 0 aliphatic carbocycles. The fourth-order valence-electron chi connectivity index (χ4n) is 1.67.